The lowest BCUT2D eigenvalue weighted by Gasteiger charge is -2.09. The fraction of sp³-hybridized carbons (Fsp3) is 0.417. The average Bonchev–Trinajstić information content (AvgIpc) is 2.28. The molecule has 0 atom stereocenters. The third kappa shape index (κ3) is 2.80. The summed E-state index contributed by atoms with van der Waals surface area (Å²) in [6.07, 6.45) is 0.920. The molecule has 0 bridgehead atoms. The van der Waals surface area contributed by atoms with E-state index in [0.717, 1.165) is 12.0 Å². The molecule has 0 spiro atoms. The third-order valence-electron chi connectivity index (χ3n) is 2.31. The van der Waals surface area contributed by atoms with Gasteiger partial charge in [0.25, 0.3) is 0 Å². The molecule has 1 aromatic carbocycles. The fourth-order valence-electron chi connectivity index (χ4n) is 1.45. The van der Waals surface area contributed by atoms with E-state index >= 15 is 0 Å². The molecule has 0 fully saturated rings. The Bertz CT molecular complexity index is 347. The number of methoxy groups -OCH3 is 1. The summed E-state index contributed by atoms with van der Waals surface area (Å²) in [6, 6.07) is 5.73. The second-order valence-electron chi connectivity index (χ2n) is 3.34. The molecule has 0 aliphatic rings. The van der Waals surface area contributed by atoms with E-state index in [1.54, 1.807) is 14.2 Å². The molecule has 1 rings (SSSR count). The quantitative estimate of drug-likeness (QED) is 0.746. The molecule has 1 N–H and O–H groups in total. The summed E-state index contributed by atoms with van der Waals surface area (Å²) in [4.78, 5) is 11.8. The summed E-state index contributed by atoms with van der Waals surface area (Å²) in [5, 5.41) is 2.85. The highest BCUT2D eigenvalue weighted by Gasteiger charge is 2.11. The molecule has 3 nitrogen and oxygen atoms in total. The fourth-order valence-corrected chi connectivity index (χ4v) is 1.45. The van der Waals surface area contributed by atoms with Gasteiger partial charge in [-0.05, 0) is 31.2 Å². The van der Waals surface area contributed by atoms with Crippen LogP contribution in [0.2, 0.25) is 0 Å². The first-order valence-corrected chi connectivity index (χ1v) is 5.07. The van der Waals surface area contributed by atoms with Crippen molar-refractivity contribution in [2.45, 2.75) is 13.3 Å². The molecule has 3 heteroatoms. The number of carbonyl (C=O) groups excluding carboxylic acids is 1. The molecular weight excluding hydrogens is 190 g/mol. The third-order valence-corrected chi connectivity index (χ3v) is 2.31. The second kappa shape index (κ2) is 5.51. The van der Waals surface area contributed by atoms with Crippen LogP contribution >= 0.6 is 0 Å². The average molecular weight is 207 g/mol. The SMILES string of the molecule is CCc1ccc(OC)c(C(=O)CNC)c1. The van der Waals surface area contributed by atoms with Crippen LogP contribution in [0.15, 0.2) is 18.2 Å². The minimum Gasteiger partial charge on any atom is -0.496 e. The van der Waals surface area contributed by atoms with E-state index < -0.39 is 0 Å². The van der Waals surface area contributed by atoms with Crippen LogP contribution in [0, 0.1) is 0 Å². The summed E-state index contributed by atoms with van der Waals surface area (Å²) in [5.74, 6) is 0.706. The van der Waals surface area contributed by atoms with Crippen molar-refractivity contribution in [3.8, 4) is 5.75 Å². The molecule has 0 amide bonds. The van der Waals surface area contributed by atoms with Crippen LogP contribution in [-0.4, -0.2) is 26.5 Å². The van der Waals surface area contributed by atoms with Crippen LogP contribution in [0.5, 0.6) is 5.75 Å². The van der Waals surface area contributed by atoms with Gasteiger partial charge in [-0.3, -0.25) is 4.79 Å². The number of likely N-dealkylation sites (N-methyl/N-ethyl adjacent to an activating group) is 1. The van der Waals surface area contributed by atoms with Crippen molar-refractivity contribution in [1.82, 2.24) is 5.32 Å². The zero-order valence-corrected chi connectivity index (χ0v) is 9.46. The number of aryl methyl sites for hydroxylation is 1. The van der Waals surface area contributed by atoms with E-state index in [4.69, 9.17) is 4.74 Å². The lowest BCUT2D eigenvalue weighted by molar-refractivity contribution is 0.0990. The highest BCUT2D eigenvalue weighted by molar-refractivity contribution is 6.00. The van der Waals surface area contributed by atoms with Gasteiger partial charge in [-0.2, -0.15) is 0 Å². The van der Waals surface area contributed by atoms with Crippen molar-refractivity contribution in [3.05, 3.63) is 29.3 Å². The largest absolute Gasteiger partial charge is 0.496 e. The van der Waals surface area contributed by atoms with Gasteiger partial charge in [0.1, 0.15) is 5.75 Å². The number of ether oxygens (including phenoxy) is 1. The van der Waals surface area contributed by atoms with Gasteiger partial charge in [-0.25, -0.2) is 0 Å². The van der Waals surface area contributed by atoms with Gasteiger partial charge in [0, 0.05) is 0 Å². The maximum atomic E-state index is 11.8. The van der Waals surface area contributed by atoms with Gasteiger partial charge in [-0.15, -0.1) is 0 Å². The summed E-state index contributed by atoms with van der Waals surface area (Å²) in [7, 11) is 3.34. The number of Topliss-reactive ketones (excluding diaryl/α,β-unsaturated/α-hetero) is 1. The maximum absolute atomic E-state index is 11.8. The van der Waals surface area contributed by atoms with Crippen LogP contribution in [0.4, 0.5) is 0 Å². The highest BCUT2D eigenvalue weighted by Crippen LogP contribution is 2.20. The van der Waals surface area contributed by atoms with Crippen LogP contribution < -0.4 is 10.1 Å². The van der Waals surface area contributed by atoms with E-state index in [-0.39, 0.29) is 5.78 Å². The minimum atomic E-state index is 0.0599. The zero-order valence-electron chi connectivity index (χ0n) is 9.46. The summed E-state index contributed by atoms with van der Waals surface area (Å²) in [6.45, 7) is 2.40. The summed E-state index contributed by atoms with van der Waals surface area (Å²) in [5.41, 5.74) is 1.81. The predicted octanol–water partition coefficient (Wildman–Crippen LogP) is 1.66. The molecule has 0 heterocycles. The van der Waals surface area contributed by atoms with E-state index in [0.29, 0.717) is 17.9 Å². The van der Waals surface area contributed by atoms with Crippen molar-refractivity contribution in [1.29, 1.82) is 0 Å². The van der Waals surface area contributed by atoms with Crippen molar-refractivity contribution in [2.24, 2.45) is 0 Å². The van der Waals surface area contributed by atoms with Crippen LogP contribution in [0.1, 0.15) is 22.8 Å². The number of ketones is 1. The predicted molar refractivity (Wildman–Crippen MR) is 60.6 cm³/mol. The lowest BCUT2D eigenvalue weighted by atomic mass is 10.0. The smallest absolute Gasteiger partial charge is 0.180 e. The van der Waals surface area contributed by atoms with Gasteiger partial charge >= 0.3 is 0 Å². The Labute approximate surface area is 90.4 Å². The summed E-state index contributed by atoms with van der Waals surface area (Å²) >= 11 is 0. The first-order chi connectivity index (χ1) is 7.22. The van der Waals surface area contributed by atoms with Gasteiger partial charge < -0.3 is 10.1 Å². The van der Waals surface area contributed by atoms with E-state index in [2.05, 4.69) is 12.2 Å². The molecule has 0 aliphatic heterocycles. The first-order valence-electron chi connectivity index (χ1n) is 5.07. The molecule has 1 aromatic rings. The van der Waals surface area contributed by atoms with Crippen LogP contribution in [-0.2, 0) is 6.42 Å². The molecule has 15 heavy (non-hydrogen) atoms. The molecule has 82 valence electrons. The summed E-state index contributed by atoms with van der Waals surface area (Å²) < 4.78 is 5.16. The maximum Gasteiger partial charge on any atom is 0.180 e. The van der Waals surface area contributed by atoms with Crippen molar-refractivity contribution >= 4 is 5.78 Å². The standard InChI is InChI=1S/C12H17NO2/c1-4-9-5-6-12(15-3)10(7-9)11(14)8-13-2/h5-7,13H,4,8H2,1-3H3. The Morgan fingerprint density at radius 3 is 2.73 bits per heavy atom. The highest BCUT2D eigenvalue weighted by atomic mass is 16.5. The number of rotatable bonds is 5. The van der Waals surface area contributed by atoms with Gasteiger partial charge in [0.2, 0.25) is 0 Å². The van der Waals surface area contributed by atoms with E-state index in [1.165, 1.54) is 0 Å². The number of hydrogen-bond donors (Lipinski definition) is 1. The lowest BCUT2D eigenvalue weighted by Crippen LogP contribution is -2.19. The first kappa shape index (κ1) is 11.7. The van der Waals surface area contributed by atoms with Crippen molar-refractivity contribution < 1.29 is 9.53 Å². The Morgan fingerprint density at radius 1 is 1.47 bits per heavy atom. The molecule has 0 unspecified atom stereocenters. The molecule has 0 saturated heterocycles. The Balaban J connectivity index is 3.05. The van der Waals surface area contributed by atoms with Crippen molar-refractivity contribution in [2.75, 3.05) is 20.7 Å². The number of nitrogens with one attached hydrogen (secondary N) is 1. The molecular formula is C12H17NO2. The Morgan fingerprint density at radius 2 is 2.20 bits per heavy atom. The minimum absolute atomic E-state index is 0.0599. The Kier molecular flexibility index (Phi) is 4.31. The van der Waals surface area contributed by atoms with Gasteiger partial charge in [0.05, 0.1) is 19.2 Å². The number of carbonyl (C=O) groups is 1. The van der Waals surface area contributed by atoms with Crippen LogP contribution in [0.25, 0.3) is 0 Å². The topological polar surface area (TPSA) is 38.3 Å². The second-order valence-corrected chi connectivity index (χ2v) is 3.34. The van der Waals surface area contributed by atoms with Crippen molar-refractivity contribution in [3.63, 3.8) is 0 Å². The van der Waals surface area contributed by atoms with E-state index in [1.807, 2.05) is 18.2 Å². The monoisotopic (exact) mass is 207 g/mol. The van der Waals surface area contributed by atoms with Gasteiger partial charge in [0.15, 0.2) is 5.78 Å². The zero-order chi connectivity index (χ0) is 11.3. The molecule has 0 aromatic heterocycles. The number of hydrogen-bond acceptors (Lipinski definition) is 3. The number of benzene rings is 1. The molecule has 0 saturated carbocycles. The molecule has 0 aliphatic carbocycles. The van der Waals surface area contributed by atoms with Gasteiger partial charge in [-0.1, -0.05) is 13.0 Å². The normalized spacial score (nSPS) is 10.1. The van der Waals surface area contributed by atoms with E-state index in [9.17, 15) is 4.79 Å². The van der Waals surface area contributed by atoms with Crippen LogP contribution in [0.3, 0.4) is 0 Å². The molecule has 0 radical (unpaired) electrons. The Hall–Kier alpha value is -1.35.